The van der Waals surface area contributed by atoms with Crippen LogP contribution >= 0.6 is 23.2 Å². The summed E-state index contributed by atoms with van der Waals surface area (Å²) in [5.74, 6) is -0.102. The number of alkyl halides is 2. The van der Waals surface area contributed by atoms with Gasteiger partial charge >= 0.3 is 0 Å². The van der Waals surface area contributed by atoms with Crippen LogP contribution in [-0.2, 0) is 9.84 Å². The smallest absolute Gasteiger partial charge is 0.178 e. The van der Waals surface area contributed by atoms with E-state index in [-0.39, 0.29) is 11.7 Å². The van der Waals surface area contributed by atoms with Crippen LogP contribution in [-0.4, -0.2) is 18.5 Å². The zero-order chi connectivity index (χ0) is 11.1. The summed E-state index contributed by atoms with van der Waals surface area (Å²) < 4.78 is 22.9. The first kappa shape index (κ1) is 11.2. The van der Waals surface area contributed by atoms with Gasteiger partial charge in [0.2, 0.25) is 0 Å². The number of benzene rings is 1. The van der Waals surface area contributed by atoms with Crippen molar-refractivity contribution in [2.75, 3.05) is 5.75 Å². The Kier molecular flexibility index (Phi) is 2.73. The van der Waals surface area contributed by atoms with Crippen molar-refractivity contribution in [1.82, 2.24) is 0 Å². The van der Waals surface area contributed by atoms with Crippen molar-refractivity contribution in [3.63, 3.8) is 0 Å². The average Bonchev–Trinajstić information content (AvgIpc) is 2.74. The molecule has 0 spiro atoms. The van der Waals surface area contributed by atoms with Crippen LogP contribution in [0.25, 0.3) is 0 Å². The van der Waals surface area contributed by atoms with Crippen molar-refractivity contribution >= 4 is 33.0 Å². The lowest BCUT2D eigenvalue weighted by Crippen LogP contribution is -2.11. The predicted molar refractivity (Wildman–Crippen MR) is 61.0 cm³/mol. The molecule has 0 aliphatic heterocycles. The largest absolute Gasteiger partial charge is 0.224 e. The third kappa shape index (κ3) is 2.47. The molecule has 0 bridgehead atoms. The highest BCUT2D eigenvalue weighted by atomic mass is 35.5. The van der Waals surface area contributed by atoms with Crippen LogP contribution < -0.4 is 0 Å². The highest BCUT2D eigenvalue weighted by molar-refractivity contribution is 7.91. The molecule has 15 heavy (non-hydrogen) atoms. The maximum Gasteiger partial charge on any atom is 0.178 e. The van der Waals surface area contributed by atoms with Gasteiger partial charge in [0.15, 0.2) is 9.84 Å². The van der Waals surface area contributed by atoms with Gasteiger partial charge in [0.25, 0.3) is 0 Å². The molecule has 82 valence electrons. The number of hydrogen-bond acceptors (Lipinski definition) is 2. The fourth-order valence-electron chi connectivity index (χ4n) is 1.44. The van der Waals surface area contributed by atoms with E-state index in [1.165, 1.54) is 0 Å². The SMILES string of the molecule is O=S(=O)(C[C@@H]1CC1(Cl)Cl)c1ccccc1. The molecule has 0 saturated heterocycles. The molecule has 5 heteroatoms. The van der Waals surface area contributed by atoms with Crippen LogP contribution in [0.2, 0.25) is 0 Å². The Morgan fingerprint density at radius 3 is 2.27 bits per heavy atom. The van der Waals surface area contributed by atoms with Gasteiger partial charge in [0.05, 0.1) is 10.6 Å². The molecule has 0 amide bonds. The van der Waals surface area contributed by atoms with Crippen LogP contribution in [0, 0.1) is 5.92 Å². The first-order chi connectivity index (χ1) is 6.92. The van der Waals surface area contributed by atoms with E-state index in [9.17, 15) is 8.42 Å². The van der Waals surface area contributed by atoms with Crippen LogP contribution in [0.4, 0.5) is 0 Å². The van der Waals surface area contributed by atoms with Crippen molar-refractivity contribution in [3.05, 3.63) is 30.3 Å². The summed E-state index contributed by atoms with van der Waals surface area (Å²) in [5.41, 5.74) is 0. The van der Waals surface area contributed by atoms with Gasteiger partial charge in [-0.3, -0.25) is 0 Å². The minimum absolute atomic E-state index is 0.0318. The van der Waals surface area contributed by atoms with Crippen LogP contribution in [0.5, 0.6) is 0 Å². The standard InChI is InChI=1S/C10H10Cl2O2S/c11-10(12)6-8(10)7-15(13,14)9-4-2-1-3-5-9/h1-5,8H,6-7H2/t8-/m0/s1. The topological polar surface area (TPSA) is 34.1 Å². The van der Waals surface area contributed by atoms with E-state index in [4.69, 9.17) is 23.2 Å². The molecule has 1 atom stereocenters. The second-order valence-corrected chi connectivity index (χ2v) is 7.33. The van der Waals surface area contributed by atoms with E-state index < -0.39 is 14.2 Å². The number of rotatable bonds is 3. The number of hydrogen-bond donors (Lipinski definition) is 0. The van der Waals surface area contributed by atoms with Crippen molar-refractivity contribution in [2.45, 2.75) is 15.6 Å². The maximum atomic E-state index is 11.9. The third-order valence-electron chi connectivity index (χ3n) is 2.48. The second kappa shape index (κ2) is 3.65. The lowest BCUT2D eigenvalue weighted by molar-refractivity contribution is 0.592. The number of sulfone groups is 1. The molecule has 1 aliphatic rings. The van der Waals surface area contributed by atoms with Crippen molar-refractivity contribution < 1.29 is 8.42 Å². The van der Waals surface area contributed by atoms with Crippen molar-refractivity contribution in [1.29, 1.82) is 0 Å². The molecule has 1 fully saturated rings. The minimum Gasteiger partial charge on any atom is -0.224 e. The van der Waals surface area contributed by atoms with E-state index in [2.05, 4.69) is 0 Å². The summed E-state index contributed by atoms with van der Waals surface area (Å²) in [6, 6.07) is 8.36. The summed E-state index contributed by atoms with van der Waals surface area (Å²) in [6.07, 6.45) is 0.558. The van der Waals surface area contributed by atoms with Crippen LogP contribution in [0.1, 0.15) is 6.42 Å². The fraction of sp³-hybridized carbons (Fsp3) is 0.400. The predicted octanol–water partition coefficient (Wildman–Crippen LogP) is 2.65. The van der Waals surface area contributed by atoms with Gasteiger partial charge in [-0.05, 0) is 18.6 Å². The zero-order valence-corrected chi connectivity index (χ0v) is 10.2. The summed E-state index contributed by atoms with van der Waals surface area (Å²) in [7, 11) is -3.24. The van der Waals surface area contributed by atoms with Gasteiger partial charge in [0.1, 0.15) is 4.33 Å². The van der Waals surface area contributed by atoms with E-state index >= 15 is 0 Å². The monoisotopic (exact) mass is 264 g/mol. The highest BCUT2D eigenvalue weighted by Gasteiger charge is 2.53. The highest BCUT2D eigenvalue weighted by Crippen LogP contribution is 2.53. The molecule has 0 radical (unpaired) electrons. The Morgan fingerprint density at radius 1 is 1.27 bits per heavy atom. The Balaban J connectivity index is 2.16. The first-order valence-corrected chi connectivity index (χ1v) is 6.98. The Morgan fingerprint density at radius 2 is 1.80 bits per heavy atom. The average molecular weight is 265 g/mol. The van der Waals surface area contributed by atoms with E-state index in [1.54, 1.807) is 30.3 Å². The Labute approximate surface area is 99.1 Å². The summed E-state index contributed by atoms with van der Waals surface area (Å²) in [4.78, 5) is 0.334. The van der Waals surface area contributed by atoms with Gasteiger partial charge in [-0.2, -0.15) is 0 Å². The first-order valence-electron chi connectivity index (χ1n) is 4.57. The molecule has 0 heterocycles. The Hall–Kier alpha value is -0.250. The molecule has 0 N–H and O–H groups in total. The molecule has 0 unspecified atom stereocenters. The molecule has 1 saturated carbocycles. The Bertz CT molecular complexity index is 454. The minimum atomic E-state index is -3.24. The van der Waals surface area contributed by atoms with Gasteiger partial charge < -0.3 is 0 Å². The zero-order valence-electron chi connectivity index (χ0n) is 7.86. The normalized spacial score (nSPS) is 23.7. The van der Waals surface area contributed by atoms with Gasteiger partial charge in [-0.15, -0.1) is 23.2 Å². The van der Waals surface area contributed by atoms with Crippen molar-refractivity contribution in [3.8, 4) is 0 Å². The van der Waals surface area contributed by atoms with Gasteiger partial charge in [0, 0.05) is 5.92 Å². The molecular weight excluding hydrogens is 255 g/mol. The molecule has 2 rings (SSSR count). The summed E-state index contributed by atoms with van der Waals surface area (Å²) in [6.45, 7) is 0. The number of halogens is 2. The van der Waals surface area contributed by atoms with Crippen molar-refractivity contribution in [2.24, 2.45) is 5.92 Å². The van der Waals surface area contributed by atoms with E-state index in [1.807, 2.05) is 0 Å². The summed E-state index contributed by atoms with van der Waals surface area (Å²) >= 11 is 11.6. The molecule has 1 aromatic rings. The fourth-order valence-corrected chi connectivity index (χ4v) is 3.85. The van der Waals surface area contributed by atoms with Crippen LogP contribution in [0.3, 0.4) is 0 Å². The van der Waals surface area contributed by atoms with E-state index in [0.29, 0.717) is 11.3 Å². The molecule has 2 nitrogen and oxygen atoms in total. The molecule has 0 aromatic heterocycles. The van der Waals surface area contributed by atoms with Crippen LogP contribution in [0.15, 0.2) is 35.2 Å². The lowest BCUT2D eigenvalue weighted by Gasteiger charge is -2.03. The molecule has 1 aliphatic carbocycles. The van der Waals surface area contributed by atoms with Gasteiger partial charge in [-0.25, -0.2) is 8.42 Å². The molecule has 1 aromatic carbocycles. The van der Waals surface area contributed by atoms with E-state index in [0.717, 1.165) is 0 Å². The quantitative estimate of drug-likeness (QED) is 0.787. The molecular formula is C10H10Cl2O2S. The van der Waals surface area contributed by atoms with Gasteiger partial charge in [-0.1, -0.05) is 18.2 Å². The summed E-state index contributed by atoms with van der Waals surface area (Å²) in [5, 5.41) is 0. The lowest BCUT2D eigenvalue weighted by atomic mass is 10.4. The second-order valence-electron chi connectivity index (χ2n) is 3.76. The maximum absolute atomic E-state index is 11.9. The third-order valence-corrected chi connectivity index (χ3v) is 5.24.